The van der Waals surface area contributed by atoms with Crippen LogP contribution in [0.3, 0.4) is 0 Å². The Morgan fingerprint density at radius 1 is 0.708 bits per heavy atom. The first kappa shape index (κ1) is 49.2. The predicted molar refractivity (Wildman–Crippen MR) is 276 cm³/mol. The molecule has 2 aliphatic rings. The molecule has 10 rings (SSSR count). The highest BCUT2D eigenvalue weighted by atomic mass is 32.2. The summed E-state index contributed by atoms with van der Waals surface area (Å²) in [5, 5.41) is 18.6. The number of carbonyl (C=O) groups excluding carboxylic acids is 3. The molecule has 1 atom stereocenters. The van der Waals surface area contributed by atoms with Gasteiger partial charge in [0.25, 0.3) is 5.91 Å². The molecule has 0 saturated carbocycles. The average Bonchev–Trinajstić information content (AvgIpc) is 4.08. The molecule has 3 amide bonds. The van der Waals surface area contributed by atoms with Crippen LogP contribution in [0.4, 0.5) is 15.8 Å². The van der Waals surface area contributed by atoms with Crippen molar-refractivity contribution >= 4 is 61.7 Å². The second kappa shape index (κ2) is 19.8. The van der Waals surface area contributed by atoms with E-state index in [2.05, 4.69) is 56.9 Å². The minimum absolute atomic E-state index is 0.00181. The quantitative estimate of drug-likeness (QED) is 0.119. The molecule has 3 N–H and O–H groups in total. The Labute approximate surface area is 419 Å². The van der Waals surface area contributed by atoms with Crippen LogP contribution >= 0.6 is 0 Å². The molecule has 6 heterocycles. The van der Waals surface area contributed by atoms with Crippen molar-refractivity contribution in [3.05, 3.63) is 149 Å². The molecule has 4 aromatic carbocycles. The second-order valence-corrected chi connectivity index (χ2v) is 21.6. The van der Waals surface area contributed by atoms with Crippen molar-refractivity contribution in [2.45, 2.75) is 97.0 Å². The summed E-state index contributed by atoms with van der Waals surface area (Å²) in [5.74, 6) is 1.39. The van der Waals surface area contributed by atoms with Crippen LogP contribution in [0.15, 0.2) is 109 Å². The van der Waals surface area contributed by atoms with Gasteiger partial charge in [-0.2, -0.15) is 10.2 Å². The number of anilines is 2. The fraction of sp³-hybridized carbons (Fsp3) is 0.291. The van der Waals surface area contributed by atoms with E-state index in [1.165, 1.54) is 6.07 Å². The lowest BCUT2D eigenvalue weighted by atomic mass is 9.97. The van der Waals surface area contributed by atoms with Crippen LogP contribution < -0.4 is 25.4 Å². The van der Waals surface area contributed by atoms with Gasteiger partial charge in [0.15, 0.2) is 11.6 Å². The highest BCUT2D eigenvalue weighted by Crippen LogP contribution is 2.37. The lowest BCUT2D eigenvalue weighted by Crippen LogP contribution is -2.31. The third kappa shape index (κ3) is 10.9. The van der Waals surface area contributed by atoms with E-state index >= 15 is 4.39 Å². The Kier molecular flexibility index (Phi) is 13.5. The van der Waals surface area contributed by atoms with E-state index in [1.54, 1.807) is 60.8 Å². The number of pyridine rings is 2. The summed E-state index contributed by atoms with van der Waals surface area (Å²) in [5.41, 5.74) is 7.90. The molecule has 17 heteroatoms. The predicted octanol–water partition coefficient (Wildman–Crippen LogP) is 10.0. The molecule has 0 saturated heterocycles. The lowest BCUT2D eigenvalue weighted by molar-refractivity contribution is -0.116. The summed E-state index contributed by atoms with van der Waals surface area (Å²) in [6, 6.07) is 19.8. The molecule has 4 aromatic heterocycles. The van der Waals surface area contributed by atoms with Crippen molar-refractivity contribution in [1.29, 1.82) is 0 Å². The number of hydrogen-bond acceptors (Lipinski definition) is 10. The Balaban J connectivity index is 0.000000178. The second-order valence-electron chi connectivity index (χ2n) is 20.1. The Morgan fingerprint density at radius 3 is 1.89 bits per heavy atom. The lowest BCUT2D eigenvalue weighted by Gasteiger charge is -2.18. The van der Waals surface area contributed by atoms with E-state index in [0.717, 1.165) is 50.9 Å². The first-order valence-electron chi connectivity index (χ1n) is 23.7. The van der Waals surface area contributed by atoms with Crippen LogP contribution in [-0.4, -0.2) is 63.8 Å². The number of carbonyl (C=O) groups is 3. The van der Waals surface area contributed by atoms with Crippen molar-refractivity contribution in [3.8, 4) is 23.0 Å². The number of aromatic nitrogens is 6. The number of rotatable bonds is 10. The fourth-order valence-electron chi connectivity index (χ4n) is 8.61. The van der Waals surface area contributed by atoms with Gasteiger partial charge in [-0.1, -0.05) is 18.2 Å². The molecule has 0 spiro atoms. The third-order valence-electron chi connectivity index (χ3n) is 12.3. The molecule has 0 fully saturated rings. The van der Waals surface area contributed by atoms with E-state index in [9.17, 15) is 18.6 Å². The first-order valence-corrected chi connectivity index (χ1v) is 25.0. The van der Waals surface area contributed by atoms with Crippen molar-refractivity contribution in [3.63, 3.8) is 0 Å². The highest BCUT2D eigenvalue weighted by Gasteiger charge is 2.23. The zero-order valence-corrected chi connectivity index (χ0v) is 42.3. The number of nitrogens with one attached hydrogen (secondary N) is 3. The van der Waals surface area contributed by atoms with Crippen molar-refractivity contribution in [1.82, 2.24) is 34.8 Å². The van der Waals surface area contributed by atoms with Crippen LogP contribution in [0.2, 0.25) is 0 Å². The van der Waals surface area contributed by atoms with Gasteiger partial charge in [0, 0.05) is 58.3 Å². The summed E-state index contributed by atoms with van der Waals surface area (Å²) in [6.45, 7) is 16.5. The van der Waals surface area contributed by atoms with Gasteiger partial charge in [-0.15, -0.1) is 0 Å². The molecule has 2 aliphatic heterocycles. The number of amides is 3. The van der Waals surface area contributed by atoms with Crippen molar-refractivity contribution < 1.29 is 32.5 Å². The molecule has 15 nitrogen and oxygen atoms in total. The van der Waals surface area contributed by atoms with Crippen molar-refractivity contribution in [2.75, 3.05) is 22.9 Å². The van der Waals surface area contributed by atoms with Crippen LogP contribution in [0.5, 0.6) is 23.0 Å². The minimum Gasteiger partial charge on any atom is -0.456 e. The van der Waals surface area contributed by atoms with Crippen LogP contribution in [0, 0.1) is 19.7 Å². The van der Waals surface area contributed by atoms with E-state index in [4.69, 9.17) is 9.47 Å². The maximum Gasteiger partial charge on any atom is 0.251 e. The largest absolute Gasteiger partial charge is 0.456 e. The number of benzene rings is 4. The smallest absolute Gasteiger partial charge is 0.251 e. The molecule has 8 aromatic rings. The van der Waals surface area contributed by atoms with Crippen LogP contribution in [0.25, 0.3) is 21.8 Å². The van der Waals surface area contributed by atoms with Gasteiger partial charge < -0.3 is 25.4 Å². The standard InChI is InChI=1S/C28H28FN5O3.C27H28N4O3S/c1-16-9-17(11-25(35)33-19-14-32-34(15-19)28(2,3)4)10-22(29)26(16)37-24-6-8-30-23-12-18-5-7-31-27(36)20(18)13-21(23)24;1-17-11-18(12-26(32)30-20-15-29-31(16-20)27(2,3)4)5-6-23(17)34-24-7-9-28-22-13-19-8-10-35(33)25(19)14-21(22)24/h6,8-10,12-15H,5,7,11H2,1-4H3,(H,31,36)(H,33,35);5-7,9,11,13-16H,8,10,12H2,1-4H3,(H,30,32). The van der Waals surface area contributed by atoms with Gasteiger partial charge in [0.1, 0.15) is 17.2 Å². The van der Waals surface area contributed by atoms with Gasteiger partial charge in [-0.3, -0.25) is 37.9 Å². The van der Waals surface area contributed by atoms with Crippen LogP contribution in [0.1, 0.15) is 85.3 Å². The van der Waals surface area contributed by atoms with Gasteiger partial charge in [0.2, 0.25) is 11.8 Å². The molecule has 0 aliphatic carbocycles. The molecule has 0 bridgehead atoms. The zero-order chi connectivity index (χ0) is 51.1. The number of halogens is 1. The van der Waals surface area contributed by atoms with Gasteiger partial charge in [0.05, 0.1) is 69.5 Å². The summed E-state index contributed by atoms with van der Waals surface area (Å²) in [7, 11) is -0.967. The Bertz CT molecular complexity index is 3440. The minimum atomic E-state index is -0.967. The monoisotopic (exact) mass is 989 g/mol. The van der Waals surface area contributed by atoms with Crippen molar-refractivity contribution in [2.24, 2.45) is 0 Å². The summed E-state index contributed by atoms with van der Waals surface area (Å²) >= 11 is 0. The Morgan fingerprint density at radius 2 is 1.29 bits per heavy atom. The normalized spacial score (nSPS) is 14.2. The summed E-state index contributed by atoms with van der Waals surface area (Å²) < 4.78 is 43.4. The fourth-order valence-corrected chi connectivity index (χ4v) is 9.94. The van der Waals surface area contributed by atoms with Gasteiger partial charge in [-0.25, -0.2) is 4.39 Å². The molecule has 0 radical (unpaired) electrons. The number of fused-ring (bicyclic) bond motifs is 4. The molecule has 1 unspecified atom stereocenters. The average molecular weight is 990 g/mol. The maximum absolute atomic E-state index is 15.2. The first-order chi connectivity index (χ1) is 34.2. The SMILES string of the molecule is Cc1cc(CC(=O)Nc2cnn(C(C)(C)C)c2)cc(F)c1Oc1ccnc2cc3c(cc12)C(=O)NCC3.Cc1cc(CC(=O)Nc2cnn(C(C)(C)C)c2)ccc1Oc1ccnc2cc3c(cc12)S(=O)CC3. The number of hydrogen-bond donors (Lipinski definition) is 3. The van der Waals surface area contributed by atoms with E-state index in [-0.39, 0.29) is 47.4 Å². The summed E-state index contributed by atoms with van der Waals surface area (Å²) in [6.07, 6.45) is 12.0. The van der Waals surface area contributed by atoms with E-state index < -0.39 is 16.6 Å². The molecular formula is C55H56FN9O6S. The van der Waals surface area contributed by atoms with E-state index in [0.29, 0.717) is 68.5 Å². The third-order valence-corrected chi connectivity index (χ3v) is 13.8. The van der Waals surface area contributed by atoms with Gasteiger partial charge in [-0.05, 0) is 150 Å². The molecule has 370 valence electrons. The number of aryl methyl sites for hydroxylation is 3. The number of ether oxygens (including phenoxy) is 2. The zero-order valence-electron chi connectivity index (χ0n) is 41.5. The number of nitrogens with zero attached hydrogens (tertiary/aromatic N) is 6. The molecule has 72 heavy (non-hydrogen) atoms. The van der Waals surface area contributed by atoms with E-state index in [1.807, 2.05) is 81.0 Å². The topological polar surface area (TPSA) is 184 Å². The maximum atomic E-state index is 15.2. The highest BCUT2D eigenvalue weighted by molar-refractivity contribution is 7.85. The summed E-state index contributed by atoms with van der Waals surface area (Å²) in [4.78, 5) is 47.2. The van der Waals surface area contributed by atoms with Gasteiger partial charge >= 0.3 is 0 Å². The molecular weight excluding hydrogens is 934 g/mol. The van der Waals surface area contributed by atoms with Crippen LogP contribution in [-0.2, 0) is 57.1 Å². The Hall–Kier alpha value is -7.79.